The zero-order chi connectivity index (χ0) is 12.9. The van der Waals surface area contributed by atoms with Crippen molar-refractivity contribution < 1.29 is 17.9 Å². The fourth-order valence-electron chi connectivity index (χ4n) is 1.08. The molecule has 0 saturated carbocycles. The summed E-state index contributed by atoms with van der Waals surface area (Å²) in [5.74, 6) is 0. The summed E-state index contributed by atoms with van der Waals surface area (Å²) >= 11 is 1.96. The lowest BCUT2D eigenvalue weighted by Crippen LogP contribution is -2.23. The smallest absolute Gasteiger partial charge is 0.372 e. The Morgan fingerprint density at radius 1 is 1.47 bits per heavy atom. The molecule has 0 spiro atoms. The number of halogens is 4. The molecule has 1 heterocycles. The van der Waals surface area contributed by atoms with Crippen LogP contribution in [0.3, 0.4) is 0 Å². The molecular formula is C9H10F3IN2O2. The lowest BCUT2D eigenvalue weighted by atomic mass is 10.4. The summed E-state index contributed by atoms with van der Waals surface area (Å²) in [5.41, 5.74) is -0.271. The number of alkyl halides is 3. The van der Waals surface area contributed by atoms with E-state index in [2.05, 4.69) is 9.84 Å². The first-order valence-corrected chi connectivity index (χ1v) is 5.83. The molecule has 0 aliphatic heterocycles. The maximum absolute atomic E-state index is 11.7. The minimum absolute atomic E-state index is 0.0559. The molecule has 96 valence electrons. The van der Waals surface area contributed by atoms with Gasteiger partial charge < -0.3 is 4.74 Å². The monoisotopic (exact) mass is 362 g/mol. The van der Waals surface area contributed by atoms with Gasteiger partial charge in [0.2, 0.25) is 0 Å². The van der Waals surface area contributed by atoms with Crippen LogP contribution in [-0.2, 0) is 11.3 Å². The second-order valence-electron chi connectivity index (χ2n) is 3.26. The van der Waals surface area contributed by atoms with Crippen molar-refractivity contribution in [2.45, 2.75) is 19.1 Å². The van der Waals surface area contributed by atoms with Crippen LogP contribution in [-0.4, -0.2) is 29.2 Å². The van der Waals surface area contributed by atoms with Gasteiger partial charge in [-0.2, -0.15) is 18.3 Å². The lowest BCUT2D eigenvalue weighted by molar-refractivity contribution is -0.174. The molecule has 0 aromatic carbocycles. The highest BCUT2D eigenvalue weighted by Crippen LogP contribution is 2.14. The van der Waals surface area contributed by atoms with E-state index in [1.807, 2.05) is 22.6 Å². The molecule has 4 nitrogen and oxygen atoms in total. The Kier molecular flexibility index (Phi) is 5.37. The molecule has 1 rings (SSSR count). The molecule has 0 unspecified atom stereocenters. The third-order valence-corrected chi connectivity index (χ3v) is 2.35. The molecule has 0 atom stereocenters. The van der Waals surface area contributed by atoms with Crippen molar-refractivity contribution in [1.29, 1.82) is 0 Å². The highest BCUT2D eigenvalue weighted by Gasteiger charge is 2.27. The summed E-state index contributed by atoms with van der Waals surface area (Å²) in [6.45, 7) is -1.07. The predicted octanol–water partition coefficient (Wildman–Crippen LogP) is 1.82. The highest BCUT2D eigenvalue weighted by atomic mass is 127. The van der Waals surface area contributed by atoms with E-state index >= 15 is 0 Å². The lowest BCUT2D eigenvalue weighted by Gasteiger charge is -2.07. The molecular weight excluding hydrogens is 352 g/mol. The van der Waals surface area contributed by atoms with Crippen molar-refractivity contribution in [3.05, 3.63) is 26.2 Å². The molecule has 0 amide bonds. The molecule has 0 aliphatic carbocycles. The van der Waals surface area contributed by atoms with Crippen LogP contribution in [0.5, 0.6) is 0 Å². The van der Waals surface area contributed by atoms with Gasteiger partial charge in [-0.05, 0) is 29.0 Å². The minimum Gasteiger partial charge on any atom is -0.372 e. The van der Waals surface area contributed by atoms with Gasteiger partial charge in [0.15, 0.2) is 0 Å². The van der Waals surface area contributed by atoms with Crippen molar-refractivity contribution in [2.75, 3.05) is 13.2 Å². The third kappa shape index (κ3) is 6.01. The first-order chi connectivity index (χ1) is 7.88. The second kappa shape index (κ2) is 6.34. The normalized spacial score (nSPS) is 11.8. The Morgan fingerprint density at radius 2 is 2.18 bits per heavy atom. The summed E-state index contributed by atoms with van der Waals surface area (Å²) in [6.07, 6.45) is -2.49. The quantitative estimate of drug-likeness (QED) is 0.593. The molecule has 0 radical (unpaired) electrons. The van der Waals surface area contributed by atoms with Crippen molar-refractivity contribution in [2.24, 2.45) is 0 Å². The molecule has 0 bridgehead atoms. The van der Waals surface area contributed by atoms with Crippen molar-refractivity contribution in [3.63, 3.8) is 0 Å². The van der Waals surface area contributed by atoms with Crippen LogP contribution in [0.1, 0.15) is 6.42 Å². The third-order valence-electron chi connectivity index (χ3n) is 1.76. The number of hydrogen-bond acceptors (Lipinski definition) is 3. The van der Waals surface area contributed by atoms with Gasteiger partial charge in [0.05, 0.1) is 6.20 Å². The fourth-order valence-corrected chi connectivity index (χ4v) is 1.47. The number of ether oxygens (including phenoxy) is 1. The summed E-state index contributed by atoms with van der Waals surface area (Å²) in [6, 6.07) is 1.41. The Hall–Kier alpha value is -0.640. The van der Waals surface area contributed by atoms with Crippen LogP contribution in [0, 0.1) is 3.57 Å². The van der Waals surface area contributed by atoms with E-state index in [9.17, 15) is 18.0 Å². The Morgan fingerprint density at radius 3 is 2.76 bits per heavy atom. The zero-order valence-electron chi connectivity index (χ0n) is 8.71. The molecule has 1 aromatic heterocycles. The standard InChI is InChI=1S/C9H10F3IN2O2/c10-9(11,12)6-17-3-1-2-15-8(16)4-7(13)5-14-15/h4-5H,1-3,6H2. The predicted molar refractivity (Wildman–Crippen MR) is 62.7 cm³/mol. The van der Waals surface area contributed by atoms with E-state index in [0.29, 0.717) is 6.42 Å². The Bertz CT molecular complexity index is 419. The van der Waals surface area contributed by atoms with Crippen LogP contribution in [0.25, 0.3) is 0 Å². The van der Waals surface area contributed by atoms with Crippen LogP contribution in [0.2, 0.25) is 0 Å². The molecule has 1 aromatic rings. The maximum Gasteiger partial charge on any atom is 0.411 e. The van der Waals surface area contributed by atoms with E-state index in [1.165, 1.54) is 16.9 Å². The largest absolute Gasteiger partial charge is 0.411 e. The van der Waals surface area contributed by atoms with Gasteiger partial charge in [-0.25, -0.2) is 4.68 Å². The Labute approximate surface area is 109 Å². The summed E-state index contributed by atoms with van der Waals surface area (Å²) < 4.78 is 41.5. The minimum atomic E-state index is -4.31. The molecule has 0 saturated heterocycles. The van der Waals surface area contributed by atoms with Gasteiger partial charge in [0.25, 0.3) is 5.56 Å². The first kappa shape index (κ1) is 14.4. The molecule has 0 N–H and O–H groups in total. The van der Waals surface area contributed by atoms with Gasteiger partial charge in [-0.15, -0.1) is 0 Å². The van der Waals surface area contributed by atoms with E-state index in [1.54, 1.807) is 0 Å². The van der Waals surface area contributed by atoms with Crippen LogP contribution < -0.4 is 5.56 Å². The van der Waals surface area contributed by atoms with Gasteiger partial charge in [-0.3, -0.25) is 4.79 Å². The fraction of sp³-hybridized carbons (Fsp3) is 0.556. The van der Waals surface area contributed by atoms with Gasteiger partial charge in [0, 0.05) is 22.8 Å². The molecule has 0 fully saturated rings. The summed E-state index contributed by atoms with van der Waals surface area (Å²) in [5, 5.41) is 3.84. The number of rotatable bonds is 5. The zero-order valence-corrected chi connectivity index (χ0v) is 10.9. The van der Waals surface area contributed by atoms with Crippen molar-refractivity contribution >= 4 is 22.6 Å². The van der Waals surface area contributed by atoms with Crippen molar-refractivity contribution in [1.82, 2.24) is 9.78 Å². The maximum atomic E-state index is 11.7. The molecule has 17 heavy (non-hydrogen) atoms. The summed E-state index contributed by atoms with van der Waals surface area (Å²) in [4.78, 5) is 11.3. The van der Waals surface area contributed by atoms with Crippen LogP contribution in [0.4, 0.5) is 13.2 Å². The summed E-state index contributed by atoms with van der Waals surface area (Å²) in [7, 11) is 0. The van der Waals surface area contributed by atoms with Gasteiger partial charge in [0.1, 0.15) is 6.61 Å². The van der Waals surface area contributed by atoms with Crippen molar-refractivity contribution in [3.8, 4) is 0 Å². The first-order valence-electron chi connectivity index (χ1n) is 4.76. The number of aromatic nitrogens is 2. The second-order valence-corrected chi connectivity index (χ2v) is 4.50. The number of nitrogens with zero attached hydrogens (tertiary/aromatic N) is 2. The van der Waals surface area contributed by atoms with E-state index in [0.717, 1.165) is 3.57 Å². The Balaban J connectivity index is 2.29. The van der Waals surface area contributed by atoms with E-state index in [-0.39, 0.29) is 18.7 Å². The van der Waals surface area contributed by atoms with Crippen LogP contribution >= 0.6 is 22.6 Å². The van der Waals surface area contributed by atoms with E-state index in [4.69, 9.17) is 0 Å². The topological polar surface area (TPSA) is 44.1 Å². The van der Waals surface area contributed by atoms with Gasteiger partial charge in [-0.1, -0.05) is 0 Å². The van der Waals surface area contributed by atoms with Gasteiger partial charge >= 0.3 is 6.18 Å². The number of hydrogen-bond donors (Lipinski definition) is 0. The number of aryl methyl sites for hydroxylation is 1. The molecule has 8 heteroatoms. The highest BCUT2D eigenvalue weighted by molar-refractivity contribution is 14.1. The van der Waals surface area contributed by atoms with Crippen LogP contribution in [0.15, 0.2) is 17.1 Å². The SMILES string of the molecule is O=c1cc(I)cnn1CCCOCC(F)(F)F. The average molecular weight is 362 g/mol. The van der Waals surface area contributed by atoms with E-state index < -0.39 is 12.8 Å². The average Bonchev–Trinajstić information content (AvgIpc) is 2.18. The molecule has 0 aliphatic rings.